The molecule has 1 saturated heterocycles. The Labute approximate surface area is 132 Å². The maximum absolute atomic E-state index is 12.5. The third kappa shape index (κ3) is 3.58. The highest BCUT2D eigenvalue weighted by Crippen LogP contribution is 2.36. The molecule has 0 spiro atoms. The first-order valence-corrected chi connectivity index (χ1v) is 7.68. The summed E-state index contributed by atoms with van der Waals surface area (Å²) in [5.41, 5.74) is 1.17. The predicted octanol–water partition coefficient (Wildman–Crippen LogP) is 1.45. The maximum Gasteiger partial charge on any atom is 0.225 e. The van der Waals surface area contributed by atoms with E-state index in [1.54, 1.807) is 4.68 Å². The van der Waals surface area contributed by atoms with Crippen LogP contribution < -0.4 is 10.6 Å². The van der Waals surface area contributed by atoms with Crippen molar-refractivity contribution in [1.82, 2.24) is 20.4 Å². The van der Waals surface area contributed by atoms with Gasteiger partial charge in [-0.3, -0.25) is 9.48 Å². The Morgan fingerprint density at radius 1 is 1.52 bits per heavy atom. The molecule has 118 valence electrons. The van der Waals surface area contributed by atoms with Gasteiger partial charge in [-0.05, 0) is 24.3 Å². The van der Waals surface area contributed by atoms with E-state index in [-0.39, 0.29) is 30.2 Å². The quantitative estimate of drug-likeness (QED) is 0.865. The van der Waals surface area contributed by atoms with Crippen molar-refractivity contribution in [3.8, 4) is 0 Å². The Bertz CT molecular complexity index is 490. The summed E-state index contributed by atoms with van der Waals surface area (Å²) in [7, 11) is 1.92. The van der Waals surface area contributed by atoms with Crippen LogP contribution in [-0.2, 0) is 11.8 Å². The van der Waals surface area contributed by atoms with Gasteiger partial charge in [0.15, 0.2) is 0 Å². The Morgan fingerprint density at radius 2 is 2.33 bits per heavy atom. The molecule has 1 aliphatic carbocycles. The van der Waals surface area contributed by atoms with E-state index in [0.29, 0.717) is 6.04 Å². The molecule has 4 atom stereocenters. The normalized spacial score (nSPS) is 30.8. The summed E-state index contributed by atoms with van der Waals surface area (Å²) in [6, 6.07) is 0.428. The van der Waals surface area contributed by atoms with Gasteiger partial charge in [0.05, 0.1) is 12.1 Å². The molecule has 2 fully saturated rings. The smallest absolute Gasteiger partial charge is 0.225 e. The molecule has 5 nitrogen and oxygen atoms in total. The molecule has 1 saturated carbocycles. The first-order valence-electron chi connectivity index (χ1n) is 7.68. The number of hydrogen-bond donors (Lipinski definition) is 2. The second kappa shape index (κ2) is 6.79. The Hall–Kier alpha value is -1.07. The zero-order chi connectivity index (χ0) is 14.1. The average Bonchev–Trinajstić information content (AvgIpc) is 2.83. The number of nitrogens with one attached hydrogen (secondary N) is 2. The topological polar surface area (TPSA) is 59.0 Å². The Kier molecular flexibility index (Phi) is 5.27. The molecule has 2 unspecified atom stereocenters. The second-order valence-corrected chi connectivity index (χ2v) is 6.22. The molecule has 1 aromatic heterocycles. The Balaban J connectivity index is 0.00000161. The van der Waals surface area contributed by atoms with Crippen LogP contribution in [0.1, 0.15) is 37.7 Å². The number of aryl methyl sites for hydroxylation is 1. The van der Waals surface area contributed by atoms with Crippen molar-refractivity contribution < 1.29 is 4.79 Å². The molecule has 1 aliphatic heterocycles. The summed E-state index contributed by atoms with van der Waals surface area (Å²) in [6.07, 6.45) is 7.52. The summed E-state index contributed by atoms with van der Waals surface area (Å²) in [4.78, 5) is 12.5. The highest BCUT2D eigenvalue weighted by atomic mass is 35.5. The van der Waals surface area contributed by atoms with Crippen LogP contribution in [-0.4, -0.2) is 34.8 Å². The minimum absolute atomic E-state index is 0. The first kappa shape index (κ1) is 16.3. The first-order chi connectivity index (χ1) is 9.69. The fourth-order valence-electron chi connectivity index (χ4n) is 3.34. The summed E-state index contributed by atoms with van der Waals surface area (Å²) in [5.74, 6) is 1.23. The van der Waals surface area contributed by atoms with E-state index >= 15 is 0 Å². The van der Waals surface area contributed by atoms with Crippen LogP contribution in [0.25, 0.3) is 0 Å². The summed E-state index contributed by atoms with van der Waals surface area (Å²) in [6.45, 7) is 3.85. The highest BCUT2D eigenvalue weighted by Gasteiger charge is 2.41. The fourth-order valence-corrected chi connectivity index (χ4v) is 3.34. The van der Waals surface area contributed by atoms with Crippen LogP contribution >= 0.6 is 12.4 Å². The van der Waals surface area contributed by atoms with Gasteiger partial charge in [0, 0.05) is 38.3 Å². The molecule has 2 heterocycles. The van der Waals surface area contributed by atoms with Crippen LogP contribution in [0.4, 0.5) is 0 Å². The van der Waals surface area contributed by atoms with Gasteiger partial charge in [-0.1, -0.05) is 13.3 Å². The van der Waals surface area contributed by atoms with Gasteiger partial charge in [0.25, 0.3) is 0 Å². The van der Waals surface area contributed by atoms with E-state index < -0.39 is 0 Å². The van der Waals surface area contributed by atoms with E-state index in [1.165, 1.54) is 18.4 Å². The lowest BCUT2D eigenvalue weighted by Crippen LogP contribution is -2.36. The summed E-state index contributed by atoms with van der Waals surface area (Å²) < 4.78 is 1.81. The van der Waals surface area contributed by atoms with Crippen LogP contribution in [0.2, 0.25) is 0 Å². The third-order valence-electron chi connectivity index (χ3n) is 4.61. The second-order valence-electron chi connectivity index (χ2n) is 6.22. The minimum Gasteiger partial charge on any atom is -0.353 e. The van der Waals surface area contributed by atoms with Gasteiger partial charge in [-0.25, -0.2) is 0 Å². The molecule has 2 aliphatic rings. The minimum atomic E-state index is 0. The van der Waals surface area contributed by atoms with Crippen LogP contribution in [0.15, 0.2) is 12.4 Å². The van der Waals surface area contributed by atoms with Crippen molar-refractivity contribution in [3.63, 3.8) is 0 Å². The fraction of sp³-hybridized carbons (Fsp3) is 0.733. The summed E-state index contributed by atoms with van der Waals surface area (Å²) >= 11 is 0. The van der Waals surface area contributed by atoms with Crippen LogP contribution in [0.3, 0.4) is 0 Å². The third-order valence-corrected chi connectivity index (χ3v) is 4.61. The van der Waals surface area contributed by atoms with Gasteiger partial charge < -0.3 is 10.6 Å². The molecular formula is C15H25ClN4O. The standard InChI is InChI=1S/C15H24N4O.ClH/c1-3-4-10-5-14(10)18-15(20)13-8-16-7-12(13)11-6-17-19(2)9-11;/h6,9-10,12-14,16H,3-5,7-8H2,1-2H3,(H,18,20);1H/t10?,12-,13+,14?;/m1./s1. The zero-order valence-corrected chi connectivity index (χ0v) is 13.5. The number of halogens is 1. The van der Waals surface area contributed by atoms with Crippen molar-refractivity contribution in [2.45, 2.75) is 38.1 Å². The van der Waals surface area contributed by atoms with Crippen molar-refractivity contribution in [3.05, 3.63) is 18.0 Å². The summed E-state index contributed by atoms with van der Waals surface area (Å²) in [5, 5.41) is 10.8. The van der Waals surface area contributed by atoms with E-state index in [4.69, 9.17) is 0 Å². The molecule has 1 aromatic rings. The lowest BCUT2D eigenvalue weighted by atomic mass is 9.90. The van der Waals surface area contributed by atoms with Crippen molar-refractivity contribution in [2.24, 2.45) is 18.9 Å². The van der Waals surface area contributed by atoms with Crippen LogP contribution in [0.5, 0.6) is 0 Å². The molecule has 0 bridgehead atoms. The molecule has 1 amide bonds. The van der Waals surface area contributed by atoms with E-state index in [9.17, 15) is 4.79 Å². The number of carbonyl (C=O) groups excluding carboxylic acids is 1. The lowest BCUT2D eigenvalue weighted by molar-refractivity contribution is -0.125. The van der Waals surface area contributed by atoms with E-state index in [1.807, 2.05) is 19.4 Å². The number of nitrogens with zero attached hydrogens (tertiary/aromatic N) is 2. The molecule has 0 radical (unpaired) electrons. The molecular weight excluding hydrogens is 288 g/mol. The molecule has 2 N–H and O–H groups in total. The van der Waals surface area contributed by atoms with Crippen molar-refractivity contribution in [2.75, 3.05) is 13.1 Å². The number of hydrogen-bond acceptors (Lipinski definition) is 3. The monoisotopic (exact) mass is 312 g/mol. The van der Waals surface area contributed by atoms with Crippen molar-refractivity contribution in [1.29, 1.82) is 0 Å². The van der Waals surface area contributed by atoms with E-state index in [2.05, 4.69) is 22.7 Å². The predicted molar refractivity (Wildman–Crippen MR) is 84.5 cm³/mol. The largest absolute Gasteiger partial charge is 0.353 e. The number of amides is 1. The Morgan fingerprint density at radius 3 is 3.00 bits per heavy atom. The molecule has 6 heteroatoms. The maximum atomic E-state index is 12.5. The number of rotatable bonds is 5. The van der Waals surface area contributed by atoms with Gasteiger partial charge in [0.1, 0.15) is 0 Å². The zero-order valence-electron chi connectivity index (χ0n) is 12.7. The molecule has 0 aromatic carbocycles. The average molecular weight is 313 g/mol. The van der Waals surface area contributed by atoms with E-state index in [0.717, 1.165) is 25.4 Å². The number of carbonyl (C=O) groups is 1. The highest BCUT2D eigenvalue weighted by molar-refractivity contribution is 5.85. The van der Waals surface area contributed by atoms with Crippen molar-refractivity contribution >= 4 is 18.3 Å². The molecule has 3 rings (SSSR count). The van der Waals surface area contributed by atoms with Gasteiger partial charge >= 0.3 is 0 Å². The SMILES string of the molecule is CCCC1CC1NC(=O)[C@H]1CNC[C@@H]1c1cnn(C)c1.Cl. The number of aromatic nitrogens is 2. The lowest BCUT2D eigenvalue weighted by Gasteiger charge is -2.17. The van der Waals surface area contributed by atoms with Gasteiger partial charge in [0.2, 0.25) is 5.91 Å². The van der Waals surface area contributed by atoms with Gasteiger partial charge in [-0.2, -0.15) is 5.10 Å². The van der Waals surface area contributed by atoms with Crippen LogP contribution in [0, 0.1) is 11.8 Å². The van der Waals surface area contributed by atoms with Gasteiger partial charge in [-0.15, -0.1) is 12.4 Å². The molecule has 21 heavy (non-hydrogen) atoms.